The minimum Gasteiger partial charge on any atom is -0.491 e. The fraction of sp³-hybridized carbons (Fsp3) is 0.375. The molecule has 2 aromatic rings. The molecule has 1 aromatic carbocycles. The number of rotatable bonds is 6. The maximum absolute atomic E-state index is 13.4. The summed E-state index contributed by atoms with van der Waals surface area (Å²) in [6, 6.07) is 11.2. The molecule has 1 fully saturated rings. The van der Waals surface area contributed by atoms with Gasteiger partial charge in [-0.05, 0) is 62.4 Å². The van der Waals surface area contributed by atoms with Crippen LogP contribution in [0.3, 0.4) is 0 Å². The van der Waals surface area contributed by atoms with Gasteiger partial charge in [0, 0.05) is 25.5 Å². The lowest BCUT2D eigenvalue weighted by Gasteiger charge is -2.29. The lowest BCUT2D eigenvalue weighted by Crippen LogP contribution is -2.36. The van der Waals surface area contributed by atoms with Crippen LogP contribution in [0.1, 0.15) is 44.2 Å². The number of aromatic nitrogens is 1. The van der Waals surface area contributed by atoms with Gasteiger partial charge in [0.15, 0.2) is 0 Å². The number of hydrogen-bond acceptors (Lipinski definition) is 5. The molecule has 0 aliphatic carbocycles. The van der Waals surface area contributed by atoms with Crippen molar-refractivity contribution >= 4 is 17.4 Å². The highest BCUT2D eigenvalue weighted by molar-refractivity contribution is 6.35. The number of hydrogen-bond donors (Lipinski definition) is 0. The second-order valence-electron chi connectivity index (χ2n) is 8.02. The molecule has 4 rings (SSSR count). The predicted octanol–water partition coefficient (Wildman–Crippen LogP) is 3.63. The first kappa shape index (κ1) is 20.1. The molecule has 0 atom stereocenters. The highest BCUT2D eigenvalue weighted by atomic mass is 16.5. The van der Waals surface area contributed by atoms with Gasteiger partial charge in [0.1, 0.15) is 11.4 Å². The molecule has 2 aliphatic rings. The van der Waals surface area contributed by atoms with Gasteiger partial charge in [-0.1, -0.05) is 18.2 Å². The van der Waals surface area contributed by atoms with E-state index in [0.717, 1.165) is 49.2 Å². The minimum absolute atomic E-state index is 0.0728. The van der Waals surface area contributed by atoms with E-state index < -0.39 is 0 Å². The zero-order valence-corrected chi connectivity index (χ0v) is 17.5. The summed E-state index contributed by atoms with van der Waals surface area (Å²) >= 11 is 0. The summed E-state index contributed by atoms with van der Waals surface area (Å²) in [7, 11) is 0. The van der Waals surface area contributed by atoms with Gasteiger partial charge in [-0.3, -0.25) is 19.5 Å². The summed E-state index contributed by atoms with van der Waals surface area (Å²) < 4.78 is 5.73. The van der Waals surface area contributed by atoms with Crippen molar-refractivity contribution in [2.24, 2.45) is 0 Å². The van der Waals surface area contributed by atoms with E-state index in [-0.39, 0.29) is 24.5 Å². The van der Waals surface area contributed by atoms with Gasteiger partial charge >= 0.3 is 0 Å². The molecule has 156 valence electrons. The number of pyridine rings is 1. The molecule has 2 amide bonds. The van der Waals surface area contributed by atoms with Crippen LogP contribution in [0.2, 0.25) is 0 Å². The Morgan fingerprint density at radius 3 is 2.37 bits per heavy atom. The summed E-state index contributed by atoms with van der Waals surface area (Å²) in [5, 5.41) is 0. The number of imide groups is 1. The number of carbonyl (C=O) groups excluding carboxylic acids is 2. The van der Waals surface area contributed by atoms with Gasteiger partial charge < -0.3 is 9.64 Å². The van der Waals surface area contributed by atoms with Crippen LogP contribution in [0.25, 0.3) is 5.57 Å². The third-order valence-electron chi connectivity index (χ3n) is 5.39. The lowest BCUT2D eigenvalue weighted by atomic mass is 10.0. The first-order valence-electron chi connectivity index (χ1n) is 10.6. The zero-order chi connectivity index (χ0) is 21.1. The van der Waals surface area contributed by atoms with Gasteiger partial charge in [0.25, 0.3) is 11.8 Å². The van der Waals surface area contributed by atoms with E-state index in [1.165, 1.54) is 4.90 Å². The molecule has 0 unspecified atom stereocenters. The van der Waals surface area contributed by atoms with Crippen molar-refractivity contribution < 1.29 is 14.3 Å². The molecule has 6 nitrogen and oxygen atoms in total. The highest BCUT2D eigenvalue weighted by Gasteiger charge is 2.41. The van der Waals surface area contributed by atoms with Crippen LogP contribution in [0, 0.1) is 0 Å². The van der Waals surface area contributed by atoms with Crippen LogP contribution in [0.5, 0.6) is 5.75 Å². The number of amides is 2. The topological polar surface area (TPSA) is 62.7 Å². The van der Waals surface area contributed by atoms with Gasteiger partial charge in [0.2, 0.25) is 0 Å². The normalized spacial score (nSPS) is 17.3. The molecule has 30 heavy (non-hydrogen) atoms. The lowest BCUT2D eigenvalue weighted by molar-refractivity contribution is -0.138. The number of ether oxygens (including phenoxy) is 1. The van der Waals surface area contributed by atoms with E-state index in [9.17, 15) is 9.59 Å². The molecular weight excluding hydrogens is 378 g/mol. The van der Waals surface area contributed by atoms with Crippen LogP contribution in [-0.4, -0.2) is 45.8 Å². The molecule has 0 radical (unpaired) electrons. The van der Waals surface area contributed by atoms with Crippen LogP contribution < -0.4 is 4.74 Å². The Morgan fingerprint density at radius 2 is 1.73 bits per heavy atom. The van der Waals surface area contributed by atoms with Crippen molar-refractivity contribution in [3.05, 3.63) is 65.6 Å². The van der Waals surface area contributed by atoms with Crippen molar-refractivity contribution in [3.8, 4) is 5.75 Å². The number of likely N-dealkylation sites (tertiary alicyclic amines) is 1. The third kappa shape index (κ3) is 4.08. The summed E-state index contributed by atoms with van der Waals surface area (Å²) in [5.74, 6) is 0.281. The minimum atomic E-state index is -0.248. The standard InChI is InChI=1S/C24H27N3O3/c1-17(2)30-20-10-8-19(9-11-20)21-22(26-13-4-3-5-14-26)24(29)27(23(21)28)16-18-7-6-12-25-15-18/h6-12,15,17H,3-5,13-14,16H2,1-2H3. The molecule has 0 saturated carbocycles. The Labute approximate surface area is 177 Å². The maximum atomic E-state index is 13.4. The average Bonchev–Trinajstić information content (AvgIpc) is 3.00. The van der Waals surface area contributed by atoms with Crippen molar-refractivity contribution in [1.82, 2.24) is 14.8 Å². The molecule has 1 aromatic heterocycles. The van der Waals surface area contributed by atoms with Gasteiger partial charge in [0.05, 0.1) is 18.2 Å². The van der Waals surface area contributed by atoms with Gasteiger partial charge in [-0.25, -0.2) is 0 Å². The third-order valence-corrected chi connectivity index (χ3v) is 5.39. The van der Waals surface area contributed by atoms with Gasteiger partial charge in [-0.2, -0.15) is 0 Å². The van der Waals surface area contributed by atoms with Crippen molar-refractivity contribution in [1.29, 1.82) is 0 Å². The Hall–Kier alpha value is -3.15. The van der Waals surface area contributed by atoms with E-state index >= 15 is 0 Å². The second-order valence-corrected chi connectivity index (χ2v) is 8.02. The quantitative estimate of drug-likeness (QED) is 0.687. The molecule has 6 heteroatoms. The molecule has 0 N–H and O–H groups in total. The molecular formula is C24H27N3O3. The average molecular weight is 405 g/mol. The zero-order valence-electron chi connectivity index (χ0n) is 17.5. The molecule has 0 bridgehead atoms. The van der Waals surface area contributed by atoms with Crippen LogP contribution >= 0.6 is 0 Å². The van der Waals surface area contributed by atoms with E-state index in [1.54, 1.807) is 12.4 Å². The fourth-order valence-electron chi connectivity index (χ4n) is 4.02. The Kier molecular flexibility index (Phi) is 5.84. The molecule has 2 aliphatic heterocycles. The summed E-state index contributed by atoms with van der Waals surface area (Å²) in [6.07, 6.45) is 6.66. The number of carbonyl (C=O) groups is 2. The number of benzene rings is 1. The van der Waals surface area contributed by atoms with E-state index in [2.05, 4.69) is 9.88 Å². The number of piperidine rings is 1. The Bertz CT molecular complexity index is 945. The fourth-order valence-corrected chi connectivity index (χ4v) is 4.02. The summed E-state index contributed by atoms with van der Waals surface area (Å²) in [4.78, 5) is 34.3. The largest absolute Gasteiger partial charge is 0.491 e. The van der Waals surface area contributed by atoms with Crippen LogP contribution in [-0.2, 0) is 16.1 Å². The SMILES string of the molecule is CC(C)Oc1ccc(C2=C(N3CCCCC3)C(=O)N(Cc3cccnc3)C2=O)cc1. The maximum Gasteiger partial charge on any atom is 0.278 e. The van der Waals surface area contributed by atoms with Crippen molar-refractivity contribution in [3.63, 3.8) is 0 Å². The van der Waals surface area contributed by atoms with E-state index in [1.807, 2.05) is 50.2 Å². The highest BCUT2D eigenvalue weighted by Crippen LogP contribution is 2.34. The first-order chi connectivity index (χ1) is 14.5. The number of nitrogens with zero attached hydrogens (tertiary/aromatic N) is 3. The first-order valence-corrected chi connectivity index (χ1v) is 10.6. The second kappa shape index (κ2) is 8.69. The summed E-state index contributed by atoms with van der Waals surface area (Å²) in [6.45, 7) is 5.77. The predicted molar refractivity (Wildman–Crippen MR) is 114 cm³/mol. The molecule has 3 heterocycles. The molecule has 0 spiro atoms. The van der Waals surface area contributed by atoms with Crippen molar-refractivity contribution in [2.45, 2.75) is 45.8 Å². The van der Waals surface area contributed by atoms with E-state index in [0.29, 0.717) is 11.3 Å². The van der Waals surface area contributed by atoms with Crippen LogP contribution in [0.15, 0.2) is 54.5 Å². The van der Waals surface area contributed by atoms with Crippen LogP contribution in [0.4, 0.5) is 0 Å². The molecule has 1 saturated heterocycles. The Morgan fingerprint density at radius 1 is 1.00 bits per heavy atom. The smallest absolute Gasteiger partial charge is 0.278 e. The van der Waals surface area contributed by atoms with E-state index in [4.69, 9.17) is 4.74 Å². The van der Waals surface area contributed by atoms with Crippen molar-refractivity contribution in [2.75, 3.05) is 13.1 Å². The monoisotopic (exact) mass is 405 g/mol. The Balaban J connectivity index is 1.69. The van der Waals surface area contributed by atoms with Gasteiger partial charge in [-0.15, -0.1) is 0 Å². The summed E-state index contributed by atoms with van der Waals surface area (Å²) in [5.41, 5.74) is 2.60.